The molecular weight excluding hydrogens is 285 g/mol. The summed E-state index contributed by atoms with van der Waals surface area (Å²) in [5, 5.41) is 0. The Morgan fingerprint density at radius 3 is 2.35 bits per heavy atom. The van der Waals surface area contributed by atoms with Gasteiger partial charge < -0.3 is 10.3 Å². The average molecular weight is 291 g/mol. The molecule has 2 N–H and O–H groups in total. The molecule has 1 rings (SSSR count). The Morgan fingerprint density at radius 2 is 2.00 bits per heavy atom. The maximum absolute atomic E-state index is 12.1. The fraction of sp³-hybridized carbons (Fsp3) is 0.286. The number of carbonyl (C=O) groups excluding carboxylic acids is 1. The summed E-state index contributed by atoms with van der Waals surface area (Å²) in [4.78, 5) is 10.2. The SMILES string of the molecule is NC(=O)c1cc(S(=O)(=O)Cl)cn1CC(F)(F)F. The van der Waals surface area contributed by atoms with Crippen LogP contribution >= 0.6 is 10.7 Å². The summed E-state index contributed by atoms with van der Waals surface area (Å²) in [6, 6.07) is 0.691. The second kappa shape index (κ2) is 4.22. The number of primary amides is 1. The van der Waals surface area contributed by atoms with Crippen LogP contribution in [-0.2, 0) is 15.6 Å². The number of rotatable bonds is 3. The third kappa shape index (κ3) is 3.63. The third-order valence-corrected chi connectivity index (χ3v) is 3.08. The van der Waals surface area contributed by atoms with E-state index >= 15 is 0 Å². The van der Waals surface area contributed by atoms with Gasteiger partial charge in [0.2, 0.25) is 0 Å². The molecule has 0 radical (unpaired) electrons. The first kappa shape index (κ1) is 13.8. The van der Waals surface area contributed by atoms with E-state index in [4.69, 9.17) is 16.4 Å². The molecule has 0 aliphatic carbocycles. The number of halogens is 4. The summed E-state index contributed by atoms with van der Waals surface area (Å²) in [6.07, 6.45) is -4.01. The summed E-state index contributed by atoms with van der Waals surface area (Å²) in [6.45, 7) is -1.53. The van der Waals surface area contributed by atoms with Gasteiger partial charge in [-0.15, -0.1) is 0 Å². The number of nitrogens with zero attached hydrogens (tertiary/aromatic N) is 1. The molecule has 0 saturated heterocycles. The van der Waals surface area contributed by atoms with Gasteiger partial charge in [-0.3, -0.25) is 4.79 Å². The van der Waals surface area contributed by atoms with E-state index in [1.54, 1.807) is 0 Å². The maximum atomic E-state index is 12.1. The lowest BCUT2D eigenvalue weighted by molar-refractivity contribution is -0.140. The second-order valence-corrected chi connectivity index (χ2v) is 5.67. The Balaban J connectivity index is 3.29. The zero-order valence-corrected chi connectivity index (χ0v) is 9.60. The van der Waals surface area contributed by atoms with Crippen molar-refractivity contribution in [1.82, 2.24) is 4.57 Å². The van der Waals surface area contributed by atoms with Crippen molar-refractivity contribution in [2.75, 3.05) is 0 Å². The Kier molecular flexibility index (Phi) is 3.44. The van der Waals surface area contributed by atoms with Crippen LogP contribution in [0.2, 0.25) is 0 Å². The summed E-state index contributed by atoms with van der Waals surface area (Å²) < 4.78 is 58.6. The standard InChI is InChI=1S/C7H6ClF3N2O3S/c8-17(15,16)4-1-5(6(12)14)13(2-4)3-7(9,10)11/h1-2H,3H2,(H2,12,14). The molecule has 1 aromatic heterocycles. The zero-order valence-electron chi connectivity index (χ0n) is 8.03. The summed E-state index contributed by atoms with van der Waals surface area (Å²) >= 11 is 0. The van der Waals surface area contributed by atoms with Crippen molar-refractivity contribution in [3.8, 4) is 0 Å². The molecule has 0 aliphatic rings. The van der Waals surface area contributed by atoms with Crippen molar-refractivity contribution in [1.29, 1.82) is 0 Å². The molecule has 1 amide bonds. The van der Waals surface area contributed by atoms with Gasteiger partial charge in [0.1, 0.15) is 17.1 Å². The normalized spacial score (nSPS) is 12.7. The van der Waals surface area contributed by atoms with Gasteiger partial charge in [-0.1, -0.05) is 0 Å². The number of amides is 1. The average Bonchev–Trinajstić information content (AvgIpc) is 2.43. The molecule has 0 fully saturated rings. The van der Waals surface area contributed by atoms with E-state index in [9.17, 15) is 26.4 Å². The molecule has 10 heteroatoms. The van der Waals surface area contributed by atoms with Crippen molar-refractivity contribution in [2.45, 2.75) is 17.6 Å². The molecule has 1 aromatic rings. The predicted molar refractivity (Wildman–Crippen MR) is 52.0 cm³/mol. The summed E-state index contributed by atoms with van der Waals surface area (Å²) in [5.74, 6) is -1.18. The molecule has 0 unspecified atom stereocenters. The van der Waals surface area contributed by atoms with Crippen molar-refractivity contribution < 1.29 is 26.4 Å². The number of nitrogens with two attached hydrogens (primary N) is 1. The first-order chi connectivity index (χ1) is 7.50. The highest BCUT2D eigenvalue weighted by molar-refractivity contribution is 8.13. The quantitative estimate of drug-likeness (QED) is 0.846. The van der Waals surface area contributed by atoms with Gasteiger partial charge in [0, 0.05) is 16.9 Å². The Morgan fingerprint density at radius 1 is 1.47 bits per heavy atom. The zero-order chi connectivity index (χ0) is 13.4. The Bertz CT molecular complexity index is 549. The fourth-order valence-electron chi connectivity index (χ4n) is 1.15. The molecule has 17 heavy (non-hydrogen) atoms. The van der Waals surface area contributed by atoms with E-state index in [1.165, 1.54) is 0 Å². The third-order valence-electron chi connectivity index (χ3n) is 1.76. The molecule has 0 aliphatic heterocycles. The molecule has 1 heterocycles. The lowest BCUT2D eigenvalue weighted by Crippen LogP contribution is -2.23. The van der Waals surface area contributed by atoms with Crippen LogP contribution in [0.1, 0.15) is 10.5 Å². The van der Waals surface area contributed by atoms with Crippen LogP contribution in [0, 0.1) is 0 Å². The van der Waals surface area contributed by atoms with E-state index in [0.717, 1.165) is 0 Å². The first-order valence-electron chi connectivity index (χ1n) is 4.02. The van der Waals surface area contributed by atoms with E-state index in [1.807, 2.05) is 0 Å². The van der Waals surface area contributed by atoms with Crippen LogP contribution in [0.4, 0.5) is 13.2 Å². The minimum Gasteiger partial charge on any atom is -0.364 e. The predicted octanol–water partition coefficient (Wildman–Crippen LogP) is 1.08. The van der Waals surface area contributed by atoms with Crippen LogP contribution in [0.15, 0.2) is 17.2 Å². The summed E-state index contributed by atoms with van der Waals surface area (Å²) in [7, 11) is 0.728. The highest BCUT2D eigenvalue weighted by Crippen LogP contribution is 2.23. The van der Waals surface area contributed by atoms with Gasteiger partial charge in [0.15, 0.2) is 0 Å². The minimum absolute atomic E-state index is 0.387. The van der Waals surface area contributed by atoms with Crippen molar-refractivity contribution in [3.63, 3.8) is 0 Å². The number of carbonyl (C=O) groups is 1. The van der Waals surface area contributed by atoms with E-state index in [-0.39, 0.29) is 0 Å². The smallest absolute Gasteiger partial charge is 0.364 e. The van der Waals surface area contributed by atoms with Gasteiger partial charge in [-0.2, -0.15) is 13.2 Å². The molecule has 96 valence electrons. The second-order valence-electron chi connectivity index (χ2n) is 3.11. The van der Waals surface area contributed by atoms with Gasteiger partial charge in [-0.05, 0) is 6.07 Å². The van der Waals surface area contributed by atoms with E-state index in [0.29, 0.717) is 16.8 Å². The molecule has 0 spiro atoms. The molecule has 0 saturated carbocycles. The number of aromatic nitrogens is 1. The first-order valence-corrected chi connectivity index (χ1v) is 6.33. The van der Waals surface area contributed by atoms with Crippen LogP contribution in [0.25, 0.3) is 0 Å². The molecule has 0 atom stereocenters. The Hall–Kier alpha value is -1.22. The van der Waals surface area contributed by atoms with Crippen LogP contribution in [0.5, 0.6) is 0 Å². The molecule has 5 nitrogen and oxygen atoms in total. The highest BCUT2D eigenvalue weighted by Gasteiger charge is 2.30. The van der Waals surface area contributed by atoms with E-state index < -0.39 is 38.3 Å². The van der Waals surface area contributed by atoms with Gasteiger partial charge >= 0.3 is 6.18 Å². The minimum atomic E-state index is -4.61. The molecule has 0 aromatic carbocycles. The van der Waals surface area contributed by atoms with Crippen LogP contribution < -0.4 is 5.73 Å². The summed E-state index contributed by atoms with van der Waals surface area (Å²) in [5.41, 5.74) is 4.24. The van der Waals surface area contributed by atoms with Crippen molar-refractivity contribution in [3.05, 3.63) is 18.0 Å². The van der Waals surface area contributed by atoms with Gasteiger partial charge in [0.25, 0.3) is 15.0 Å². The van der Waals surface area contributed by atoms with E-state index in [2.05, 4.69) is 0 Å². The number of hydrogen-bond donors (Lipinski definition) is 1. The largest absolute Gasteiger partial charge is 0.406 e. The maximum Gasteiger partial charge on any atom is 0.406 e. The lowest BCUT2D eigenvalue weighted by atomic mass is 10.4. The van der Waals surface area contributed by atoms with Gasteiger partial charge in [0.05, 0.1) is 0 Å². The van der Waals surface area contributed by atoms with Crippen molar-refractivity contribution >= 4 is 25.6 Å². The number of hydrogen-bond acceptors (Lipinski definition) is 3. The van der Waals surface area contributed by atoms with Crippen LogP contribution in [0.3, 0.4) is 0 Å². The van der Waals surface area contributed by atoms with Gasteiger partial charge in [-0.25, -0.2) is 8.42 Å². The van der Waals surface area contributed by atoms with Crippen molar-refractivity contribution in [2.24, 2.45) is 5.73 Å². The Labute approximate surface area is 98.4 Å². The topological polar surface area (TPSA) is 82.2 Å². The molecule has 0 bridgehead atoms. The monoisotopic (exact) mass is 290 g/mol. The fourth-order valence-corrected chi connectivity index (χ4v) is 1.91. The van der Waals surface area contributed by atoms with Crippen LogP contribution in [-0.4, -0.2) is 25.1 Å². The number of alkyl halides is 3. The lowest BCUT2D eigenvalue weighted by Gasteiger charge is -2.09. The molecular formula is C7H6ClF3N2O3S. The highest BCUT2D eigenvalue weighted by atomic mass is 35.7.